The highest BCUT2D eigenvalue weighted by Crippen LogP contribution is 2.39. The number of carboxylic acids is 1. The summed E-state index contributed by atoms with van der Waals surface area (Å²) in [5.74, 6) is -9.64. The molecular formula is C42H38Cl2F4N2O11S2. The molecule has 2 heterocycles. The molecule has 0 aliphatic rings. The number of fused-ring (bicyclic) bond motifs is 2. The molecule has 0 radical (unpaired) electrons. The predicted octanol–water partition coefficient (Wildman–Crippen LogP) is 8.93. The number of hydrogen-bond acceptors (Lipinski definition) is 12. The number of amides is 2. The van der Waals surface area contributed by atoms with E-state index in [1.165, 1.54) is 0 Å². The van der Waals surface area contributed by atoms with Gasteiger partial charge in [0.25, 0.3) is 0 Å². The van der Waals surface area contributed by atoms with Gasteiger partial charge < -0.3 is 45.4 Å². The average molecular weight is 958 g/mol. The lowest BCUT2D eigenvalue weighted by Gasteiger charge is -2.11. The van der Waals surface area contributed by atoms with E-state index in [0.29, 0.717) is 55.4 Å². The summed E-state index contributed by atoms with van der Waals surface area (Å²) in [6.45, 7) is 0.698. The molecule has 0 aliphatic heterocycles. The van der Waals surface area contributed by atoms with Crippen LogP contribution in [0.3, 0.4) is 0 Å². The van der Waals surface area contributed by atoms with Crippen molar-refractivity contribution in [1.29, 1.82) is 0 Å². The number of esters is 1. The maximum absolute atomic E-state index is 14.3. The molecule has 0 aliphatic carbocycles. The molecule has 0 fully saturated rings. The second-order valence-corrected chi connectivity index (χ2v) is 15.7. The van der Waals surface area contributed by atoms with Gasteiger partial charge in [0.1, 0.15) is 23.0 Å². The third-order valence-corrected chi connectivity index (χ3v) is 11.4. The Kier molecular flexibility index (Phi) is 18.9. The van der Waals surface area contributed by atoms with Crippen LogP contribution in [0, 0.1) is 23.3 Å². The van der Waals surface area contributed by atoms with E-state index in [-0.39, 0.29) is 46.3 Å². The van der Waals surface area contributed by atoms with Crippen LogP contribution in [0.25, 0.3) is 20.2 Å². The first-order chi connectivity index (χ1) is 30.0. The Bertz CT molecular complexity index is 2560. The number of benzene rings is 4. The molecule has 2 amide bonds. The van der Waals surface area contributed by atoms with Gasteiger partial charge in [0, 0.05) is 92.9 Å². The smallest absolute Gasteiger partial charge is 0.348 e. The van der Waals surface area contributed by atoms with Crippen LogP contribution in [0.2, 0.25) is 10.0 Å². The molecule has 6 rings (SSSR count). The summed E-state index contributed by atoms with van der Waals surface area (Å²) < 4.78 is 83.3. The van der Waals surface area contributed by atoms with Crippen molar-refractivity contribution in [2.24, 2.45) is 11.5 Å². The fraction of sp³-hybridized carbons (Fsp3) is 0.238. The fourth-order valence-electron chi connectivity index (χ4n) is 5.56. The lowest BCUT2D eigenvalue weighted by Crippen LogP contribution is -2.13. The van der Waals surface area contributed by atoms with Crippen LogP contribution < -0.4 is 20.9 Å². The Morgan fingerprint density at radius 3 is 1.44 bits per heavy atom. The Hall–Kier alpha value is -5.54. The molecule has 0 spiro atoms. The molecule has 0 bridgehead atoms. The Labute approximate surface area is 374 Å². The van der Waals surface area contributed by atoms with E-state index in [4.69, 9.17) is 58.7 Å². The standard InChI is InChI=1S/C21H18ClF2NO5S.C17H10ClF2NO4S.C4H10O2/c1-28-6-3-7-29-21(27)19-12(17-13(22)4-2-5-16(17)31-19)10-30-18-14(23)8-11(20(25)26)9-15(18)24;18-9-2-1-3-12-13(9)8(15(26-12)17(23)24)6-25-14-10(19)4-7(16(21)22)5-11(14)20;1-6-4-2-3-5/h2,4-5,8-9H,3,6-7,10H2,1H3,(H2,25,26);1-5H,6H2,(H2,21,22)(H,23,24);5H,2-4H2,1H3. The topological polar surface area (TPSA) is 207 Å². The van der Waals surface area contributed by atoms with Crippen molar-refractivity contribution in [1.82, 2.24) is 0 Å². The van der Waals surface area contributed by atoms with Gasteiger partial charge in [-0.1, -0.05) is 35.3 Å². The molecule has 0 saturated heterocycles. The number of rotatable bonds is 17. The zero-order valence-corrected chi connectivity index (χ0v) is 36.4. The monoisotopic (exact) mass is 956 g/mol. The van der Waals surface area contributed by atoms with Crippen LogP contribution in [0.4, 0.5) is 17.6 Å². The number of thiophene rings is 2. The lowest BCUT2D eigenvalue weighted by atomic mass is 10.1. The summed E-state index contributed by atoms with van der Waals surface area (Å²) in [7, 11) is 3.16. The molecule has 0 atom stereocenters. The van der Waals surface area contributed by atoms with E-state index in [9.17, 15) is 41.8 Å². The fourth-order valence-corrected chi connectivity index (χ4v) is 8.45. The van der Waals surface area contributed by atoms with Gasteiger partial charge in [-0.15, -0.1) is 22.7 Å². The van der Waals surface area contributed by atoms with Crippen molar-refractivity contribution in [3.05, 3.63) is 126 Å². The number of aromatic carboxylic acids is 1. The summed E-state index contributed by atoms with van der Waals surface area (Å²) in [5.41, 5.74) is 9.94. The molecule has 6 aromatic rings. The van der Waals surface area contributed by atoms with E-state index in [2.05, 4.69) is 4.74 Å². The first-order valence-electron chi connectivity index (χ1n) is 18.3. The molecule has 6 N–H and O–H groups in total. The van der Waals surface area contributed by atoms with Gasteiger partial charge in [-0.05, 0) is 55.0 Å². The summed E-state index contributed by atoms with van der Waals surface area (Å²) in [5, 5.41) is 19.1. The number of ether oxygens (including phenoxy) is 5. The minimum atomic E-state index is -1.20. The van der Waals surface area contributed by atoms with Gasteiger partial charge in [0.05, 0.1) is 6.61 Å². The van der Waals surface area contributed by atoms with E-state index in [0.717, 1.165) is 53.4 Å². The Morgan fingerprint density at radius 2 is 1.06 bits per heavy atom. The Balaban J connectivity index is 0.000000248. The van der Waals surface area contributed by atoms with Crippen LogP contribution in [0.1, 0.15) is 64.0 Å². The maximum Gasteiger partial charge on any atom is 0.348 e. The SMILES string of the molecule is COCCCO.COCCCOC(=O)c1sc2cccc(Cl)c2c1COc1c(F)cc(C(N)=O)cc1F.NC(=O)c1cc(F)c(OCc2c(C(=O)O)sc3cccc(Cl)c23)c(F)c1. The maximum atomic E-state index is 14.3. The van der Waals surface area contributed by atoms with Gasteiger partial charge in [0.15, 0.2) is 34.8 Å². The summed E-state index contributed by atoms with van der Waals surface area (Å²) in [6.07, 6.45) is 1.26. The highest BCUT2D eigenvalue weighted by atomic mass is 35.5. The number of aliphatic hydroxyl groups is 1. The number of nitrogens with two attached hydrogens (primary N) is 2. The normalized spacial score (nSPS) is 10.7. The molecule has 336 valence electrons. The molecule has 4 aromatic carbocycles. The van der Waals surface area contributed by atoms with Gasteiger partial charge in [-0.2, -0.15) is 0 Å². The number of carboxylic acid groups (broad SMARTS) is 1. The zero-order chi connectivity index (χ0) is 46.4. The van der Waals surface area contributed by atoms with E-state index >= 15 is 0 Å². The molecule has 63 heavy (non-hydrogen) atoms. The predicted molar refractivity (Wildman–Crippen MR) is 229 cm³/mol. The second kappa shape index (κ2) is 23.8. The van der Waals surface area contributed by atoms with Crippen LogP contribution in [0.15, 0.2) is 60.7 Å². The van der Waals surface area contributed by atoms with Crippen molar-refractivity contribution in [2.75, 3.05) is 40.6 Å². The molecule has 0 unspecified atom stereocenters. The van der Waals surface area contributed by atoms with E-state index in [1.807, 2.05) is 0 Å². The number of hydrogen-bond donors (Lipinski definition) is 4. The van der Waals surface area contributed by atoms with Crippen molar-refractivity contribution in [3.8, 4) is 11.5 Å². The molecule has 21 heteroatoms. The number of halogens is 6. The van der Waals surface area contributed by atoms with Gasteiger partial charge >= 0.3 is 11.9 Å². The van der Waals surface area contributed by atoms with Crippen molar-refractivity contribution < 1.29 is 70.6 Å². The quantitative estimate of drug-likeness (QED) is 0.0386. The Morgan fingerprint density at radius 1 is 0.651 bits per heavy atom. The van der Waals surface area contributed by atoms with Crippen molar-refractivity contribution >= 4 is 89.8 Å². The van der Waals surface area contributed by atoms with Crippen molar-refractivity contribution in [2.45, 2.75) is 26.1 Å². The number of carbonyl (C=O) groups is 4. The lowest BCUT2D eigenvalue weighted by molar-refractivity contribution is 0.0470. The average Bonchev–Trinajstić information content (AvgIpc) is 3.81. The van der Waals surface area contributed by atoms with Crippen LogP contribution in [-0.2, 0) is 27.4 Å². The van der Waals surface area contributed by atoms with Crippen LogP contribution >= 0.6 is 45.9 Å². The summed E-state index contributed by atoms with van der Waals surface area (Å²) in [6, 6.07) is 13.1. The summed E-state index contributed by atoms with van der Waals surface area (Å²) in [4.78, 5) is 46.5. The van der Waals surface area contributed by atoms with Crippen molar-refractivity contribution in [3.63, 3.8) is 0 Å². The number of methoxy groups -OCH3 is 2. The minimum absolute atomic E-state index is 0.0392. The highest BCUT2D eigenvalue weighted by molar-refractivity contribution is 7.21. The van der Waals surface area contributed by atoms with E-state index < -0.39 is 65.1 Å². The minimum Gasteiger partial charge on any atom is -0.483 e. The van der Waals surface area contributed by atoms with Gasteiger partial charge in [-0.3, -0.25) is 9.59 Å². The highest BCUT2D eigenvalue weighted by Gasteiger charge is 2.25. The second-order valence-electron chi connectivity index (χ2n) is 12.7. The molecule has 0 saturated carbocycles. The van der Waals surface area contributed by atoms with Gasteiger partial charge in [-0.25, -0.2) is 27.2 Å². The van der Waals surface area contributed by atoms with Gasteiger partial charge in [0.2, 0.25) is 11.8 Å². The molecule has 2 aromatic heterocycles. The largest absolute Gasteiger partial charge is 0.483 e. The number of carbonyl (C=O) groups excluding carboxylic acids is 3. The zero-order valence-electron chi connectivity index (χ0n) is 33.2. The first kappa shape index (κ1) is 50.1. The van der Waals surface area contributed by atoms with E-state index in [1.54, 1.807) is 50.6 Å². The third-order valence-electron chi connectivity index (χ3n) is 8.43. The number of aliphatic hydroxyl groups excluding tert-OH is 1. The molecule has 13 nitrogen and oxygen atoms in total. The van der Waals surface area contributed by atoms with Crippen LogP contribution in [-0.4, -0.2) is 74.6 Å². The number of primary amides is 2. The molecular weight excluding hydrogens is 919 g/mol. The first-order valence-corrected chi connectivity index (χ1v) is 20.6. The summed E-state index contributed by atoms with van der Waals surface area (Å²) >= 11 is 14.6. The third kappa shape index (κ3) is 13.0. The van der Waals surface area contributed by atoms with Crippen LogP contribution in [0.5, 0.6) is 11.5 Å².